The molecule has 1 fully saturated rings. The number of aliphatic carboxylic acids is 2. The zero-order chi connectivity index (χ0) is 26.4. The monoisotopic (exact) mass is 529 g/mol. The van der Waals surface area contributed by atoms with Gasteiger partial charge in [0, 0.05) is 43.8 Å². The van der Waals surface area contributed by atoms with Crippen LogP contribution in [0.25, 0.3) is 0 Å². The van der Waals surface area contributed by atoms with Gasteiger partial charge in [-0.2, -0.15) is 0 Å². The fraction of sp³-hybridized carbons (Fsp3) is 0.444. The second kappa shape index (κ2) is 12.4. The summed E-state index contributed by atoms with van der Waals surface area (Å²) < 4.78 is 5.34. The molecule has 2 atom stereocenters. The van der Waals surface area contributed by atoms with Crippen LogP contribution in [0.15, 0.2) is 36.4 Å². The Hall–Kier alpha value is -3.14. The molecule has 2 unspecified atom stereocenters. The first-order valence-corrected chi connectivity index (χ1v) is 12.9. The van der Waals surface area contributed by atoms with Crippen LogP contribution in [-0.2, 0) is 27.3 Å². The Morgan fingerprint density at radius 1 is 1.08 bits per heavy atom. The van der Waals surface area contributed by atoms with E-state index in [0.717, 1.165) is 29.5 Å². The van der Waals surface area contributed by atoms with Gasteiger partial charge >= 0.3 is 11.9 Å². The molecule has 2 aromatic carbocycles. The van der Waals surface area contributed by atoms with Gasteiger partial charge in [0.25, 0.3) is 5.91 Å². The molecule has 5 N–H and O–H groups in total. The zero-order valence-electron chi connectivity index (χ0n) is 20.5. The summed E-state index contributed by atoms with van der Waals surface area (Å²) in [7, 11) is 0. The molecule has 0 aliphatic carbocycles. The van der Waals surface area contributed by atoms with Crippen molar-refractivity contribution in [2.24, 2.45) is 5.92 Å². The van der Waals surface area contributed by atoms with Gasteiger partial charge in [-0.05, 0) is 60.7 Å². The van der Waals surface area contributed by atoms with Crippen molar-refractivity contribution in [2.45, 2.75) is 44.2 Å². The fourth-order valence-electron chi connectivity index (χ4n) is 5.05. The van der Waals surface area contributed by atoms with Gasteiger partial charge in [-0.25, -0.2) is 0 Å². The number of anilines is 1. The van der Waals surface area contributed by atoms with Gasteiger partial charge in [0.05, 0.1) is 23.0 Å². The molecule has 198 valence electrons. The number of amides is 1. The Morgan fingerprint density at radius 2 is 1.81 bits per heavy atom. The van der Waals surface area contributed by atoms with Crippen molar-refractivity contribution in [3.05, 3.63) is 63.7 Å². The number of rotatable bonds is 9. The number of benzene rings is 2. The Balaban J connectivity index is 1.49. The number of hydrogen-bond acceptors (Lipinski definition) is 6. The van der Waals surface area contributed by atoms with E-state index in [1.807, 2.05) is 18.2 Å². The van der Waals surface area contributed by atoms with Crippen molar-refractivity contribution >= 4 is 35.1 Å². The minimum Gasteiger partial charge on any atom is -0.481 e. The summed E-state index contributed by atoms with van der Waals surface area (Å²) in [6.07, 6.45) is 1.80. The molecule has 37 heavy (non-hydrogen) atoms. The van der Waals surface area contributed by atoms with Crippen molar-refractivity contribution in [3.8, 4) is 0 Å². The van der Waals surface area contributed by atoms with E-state index in [9.17, 15) is 24.6 Å². The maximum Gasteiger partial charge on any atom is 0.307 e. The number of halogens is 1. The molecule has 0 spiro atoms. The van der Waals surface area contributed by atoms with Crippen LogP contribution in [0.5, 0.6) is 0 Å². The minimum atomic E-state index is -1.14. The van der Waals surface area contributed by atoms with E-state index in [1.54, 1.807) is 18.2 Å². The fourth-order valence-corrected chi connectivity index (χ4v) is 5.29. The molecule has 2 heterocycles. The molecule has 10 heteroatoms. The maximum absolute atomic E-state index is 12.6. The predicted molar refractivity (Wildman–Crippen MR) is 139 cm³/mol. The van der Waals surface area contributed by atoms with Gasteiger partial charge in [-0.1, -0.05) is 29.8 Å². The van der Waals surface area contributed by atoms with E-state index in [1.165, 1.54) is 0 Å². The summed E-state index contributed by atoms with van der Waals surface area (Å²) in [5.41, 5.74) is 3.95. The molecule has 2 aromatic rings. The summed E-state index contributed by atoms with van der Waals surface area (Å²) in [5, 5.41) is 29.2. The number of ether oxygens (including phenoxy) is 1. The summed E-state index contributed by atoms with van der Waals surface area (Å²) in [4.78, 5) is 35.9. The van der Waals surface area contributed by atoms with Gasteiger partial charge in [-0.15, -0.1) is 0 Å². The number of carbonyl (C=O) groups excluding carboxylic acids is 1. The third kappa shape index (κ3) is 6.80. The largest absolute Gasteiger partial charge is 0.481 e. The highest BCUT2D eigenvalue weighted by Gasteiger charge is 2.34. The van der Waals surface area contributed by atoms with E-state index in [-0.39, 0.29) is 11.9 Å². The molecule has 1 saturated heterocycles. The summed E-state index contributed by atoms with van der Waals surface area (Å²) >= 11 is 6.56. The average molecular weight is 530 g/mol. The van der Waals surface area contributed by atoms with Crippen LogP contribution < -0.4 is 16.0 Å². The summed E-state index contributed by atoms with van der Waals surface area (Å²) in [6.45, 7) is 2.77. The molecule has 0 aromatic heterocycles. The Bertz CT molecular complexity index is 1130. The number of carbonyl (C=O) groups is 3. The average Bonchev–Trinajstić information content (AvgIpc) is 3.10. The van der Waals surface area contributed by atoms with E-state index in [2.05, 4.69) is 16.0 Å². The molecule has 0 saturated carbocycles. The van der Waals surface area contributed by atoms with Gasteiger partial charge in [-0.3, -0.25) is 14.4 Å². The van der Waals surface area contributed by atoms with Crippen LogP contribution in [0.2, 0.25) is 5.02 Å². The third-order valence-corrected chi connectivity index (χ3v) is 7.37. The molecule has 9 nitrogen and oxygen atoms in total. The lowest BCUT2D eigenvalue weighted by Gasteiger charge is -2.25. The van der Waals surface area contributed by atoms with Crippen LogP contribution in [0, 0.1) is 5.92 Å². The SMILES string of the molecule is O=C(O)CC(C(=O)O)C1CNCCc2c1ccc(Cl)c2NCc1ccc(C(=O)NC2CCOCC2)cc1. The first-order chi connectivity index (χ1) is 17.8. The normalized spacial score (nSPS) is 18.8. The number of carboxylic acids is 2. The molecule has 2 aliphatic heterocycles. The molecule has 4 rings (SSSR count). The Morgan fingerprint density at radius 3 is 2.49 bits per heavy atom. The van der Waals surface area contributed by atoms with E-state index >= 15 is 0 Å². The van der Waals surface area contributed by atoms with Gasteiger partial charge in [0.15, 0.2) is 0 Å². The second-order valence-corrected chi connectivity index (χ2v) is 9.91. The van der Waals surface area contributed by atoms with Crippen LogP contribution in [0.4, 0.5) is 5.69 Å². The van der Waals surface area contributed by atoms with Crippen LogP contribution in [-0.4, -0.2) is 60.4 Å². The number of hydrogen-bond donors (Lipinski definition) is 5. The number of carboxylic acid groups (broad SMARTS) is 2. The van der Waals surface area contributed by atoms with Crippen molar-refractivity contribution in [2.75, 3.05) is 31.6 Å². The van der Waals surface area contributed by atoms with Gasteiger partial charge < -0.3 is 30.9 Å². The number of fused-ring (bicyclic) bond motifs is 1. The molecule has 0 bridgehead atoms. The lowest BCUT2D eigenvalue weighted by atomic mass is 9.81. The predicted octanol–water partition coefficient (Wildman–Crippen LogP) is 3.27. The zero-order valence-corrected chi connectivity index (χ0v) is 21.2. The van der Waals surface area contributed by atoms with Crippen molar-refractivity contribution in [1.29, 1.82) is 0 Å². The highest BCUT2D eigenvalue weighted by atomic mass is 35.5. The van der Waals surface area contributed by atoms with E-state index < -0.39 is 30.2 Å². The van der Waals surface area contributed by atoms with Crippen LogP contribution in [0.1, 0.15) is 52.2 Å². The molecule has 1 amide bonds. The van der Waals surface area contributed by atoms with E-state index in [0.29, 0.717) is 55.5 Å². The first kappa shape index (κ1) is 26.9. The Labute approximate surface area is 220 Å². The maximum atomic E-state index is 12.6. The third-order valence-electron chi connectivity index (χ3n) is 7.05. The van der Waals surface area contributed by atoms with Crippen molar-refractivity contribution < 1.29 is 29.3 Å². The minimum absolute atomic E-state index is 0.101. The molecule has 0 radical (unpaired) electrons. The molecule has 2 aliphatic rings. The van der Waals surface area contributed by atoms with Crippen LogP contribution >= 0.6 is 11.6 Å². The smallest absolute Gasteiger partial charge is 0.307 e. The van der Waals surface area contributed by atoms with Gasteiger partial charge in [0.2, 0.25) is 0 Å². The first-order valence-electron chi connectivity index (χ1n) is 12.5. The lowest BCUT2D eigenvalue weighted by Crippen LogP contribution is -2.38. The van der Waals surface area contributed by atoms with Gasteiger partial charge in [0.1, 0.15) is 0 Å². The summed E-state index contributed by atoms with van der Waals surface area (Å²) in [5.74, 6) is -3.94. The molecular weight excluding hydrogens is 498 g/mol. The van der Waals surface area contributed by atoms with Crippen molar-refractivity contribution in [1.82, 2.24) is 10.6 Å². The highest BCUT2D eigenvalue weighted by Crippen LogP contribution is 2.38. The van der Waals surface area contributed by atoms with Crippen molar-refractivity contribution in [3.63, 3.8) is 0 Å². The lowest BCUT2D eigenvalue weighted by molar-refractivity contribution is -0.149. The van der Waals surface area contributed by atoms with Crippen LogP contribution in [0.3, 0.4) is 0 Å². The highest BCUT2D eigenvalue weighted by molar-refractivity contribution is 6.33. The van der Waals surface area contributed by atoms with E-state index in [4.69, 9.17) is 16.3 Å². The standard InChI is InChI=1S/C27H32ClN3O6/c28-23-6-5-19-20(7-10-29-15-22(19)21(27(35)36)13-24(32)33)25(23)30-14-16-1-3-17(4-2-16)26(34)31-18-8-11-37-12-9-18/h1-6,18,21-22,29-30H,7-15H2,(H,31,34)(H,32,33)(H,35,36). The summed E-state index contributed by atoms with van der Waals surface area (Å²) in [6, 6.07) is 11.0. The topological polar surface area (TPSA) is 137 Å². The number of nitrogens with one attached hydrogen (secondary N) is 3. The quantitative estimate of drug-likeness (QED) is 0.334. The Kier molecular flexibility index (Phi) is 9.02. The second-order valence-electron chi connectivity index (χ2n) is 9.50. The molecular formula is C27H32ClN3O6.